The van der Waals surface area contributed by atoms with Gasteiger partial charge >= 0.3 is 0 Å². The number of aliphatic hydroxyl groups is 1. The average Bonchev–Trinajstić information content (AvgIpc) is 2.66. The van der Waals surface area contributed by atoms with Gasteiger partial charge in [0.25, 0.3) is 0 Å². The van der Waals surface area contributed by atoms with Crippen molar-refractivity contribution in [3.8, 4) is 0 Å². The molecule has 1 unspecified atom stereocenters. The number of nitrogens with one attached hydrogen (secondary N) is 1. The molecule has 0 aliphatic rings. The molecule has 5 nitrogen and oxygen atoms in total. The first kappa shape index (κ1) is 17.3. The number of fused-ring (bicyclic) bond motifs is 1. The zero-order valence-electron chi connectivity index (χ0n) is 14.5. The molecule has 0 saturated heterocycles. The van der Waals surface area contributed by atoms with Gasteiger partial charge in [-0.2, -0.15) is 0 Å². The van der Waals surface area contributed by atoms with E-state index in [9.17, 15) is 5.11 Å². The molecule has 0 aliphatic heterocycles. The number of benzene rings is 1. The molecule has 0 aliphatic carbocycles. The van der Waals surface area contributed by atoms with Crippen LogP contribution in [0.3, 0.4) is 0 Å². The molecule has 0 spiro atoms. The largest absolute Gasteiger partial charge is 0.394 e. The fourth-order valence-corrected chi connectivity index (χ4v) is 2.95. The number of rotatable bonds is 8. The molecule has 2 heterocycles. The minimum Gasteiger partial charge on any atom is -0.394 e. The fraction of sp³-hybridized carbons (Fsp3) is 0.350. The second-order valence-corrected chi connectivity index (χ2v) is 6.23. The Hall–Kier alpha value is -2.53. The lowest BCUT2D eigenvalue weighted by Crippen LogP contribution is -2.25. The van der Waals surface area contributed by atoms with E-state index in [-0.39, 0.29) is 12.6 Å². The van der Waals surface area contributed by atoms with Crippen LogP contribution in [0.15, 0.2) is 49.1 Å². The molecule has 0 fully saturated rings. The Morgan fingerprint density at radius 1 is 1.08 bits per heavy atom. The van der Waals surface area contributed by atoms with E-state index in [4.69, 9.17) is 0 Å². The SMILES string of the molecule is CCCC(CO)Nc1ncncc1CCc1cc2ccccc2cn1. The second kappa shape index (κ2) is 8.53. The highest BCUT2D eigenvalue weighted by molar-refractivity contribution is 5.81. The normalized spacial score (nSPS) is 12.2. The maximum Gasteiger partial charge on any atom is 0.132 e. The van der Waals surface area contributed by atoms with Crippen molar-refractivity contribution in [2.75, 3.05) is 11.9 Å². The van der Waals surface area contributed by atoms with Gasteiger partial charge in [-0.15, -0.1) is 0 Å². The topological polar surface area (TPSA) is 70.9 Å². The van der Waals surface area contributed by atoms with Crippen molar-refractivity contribution in [1.82, 2.24) is 15.0 Å². The number of aliphatic hydroxyl groups excluding tert-OH is 1. The Labute approximate surface area is 148 Å². The first-order chi connectivity index (χ1) is 12.3. The molecule has 0 radical (unpaired) electrons. The highest BCUT2D eigenvalue weighted by atomic mass is 16.3. The van der Waals surface area contributed by atoms with Gasteiger partial charge < -0.3 is 10.4 Å². The van der Waals surface area contributed by atoms with Crippen LogP contribution in [0.2, 0.25) is 0 Å². The molecule has 1 atom stereocenters. The van der Waals surface area contributed by atoms with Crippen molar-refractivity contribution in [3.63, 3.8) is 0 Å². The van der Waals surface area contributed by atoms with Crippen molar-refractivity contribution in [3.05, 3.63) is 60.3 Å². The standard InChI is InChI=1S/C20H24N4O/c1-2-5-19(13-25)24-20-17(11-21-14-23-20)8-9-18-10-15-6-3-4-7-16(15)12-22-18/h3-4,6-7,10-12,14,19,25H,2,5,8-9,13H2,1H3,(H,21,23,24). The zero-order chi connectivity index (χ0) is 17.5. The van der Waals surface area contributed by atoms with E-state index in [1.807, 2.05) is 24.5 Å². The summed E-state index contributed by atoms with van der Waals surface area (Å²) in [6.07, 6.45) is 8.86. The zero-order valence-corrected chi connectivity index (χ0v) is 14.5. The molecule has 0 amide bonds. The van der Waals surface area contributed by atoms with E-state index >= 15 is 0 Å². The second-order valence-electron chi connectivity index (χ2n) is 6.23. The van der Waals surface area contributed by atoms with Crippen LogP contribution in [-0.4, -0.2) is 32.7 Å². The molecule has 2 aromatic heterocycles. The summed E-state index contributed by atoms with van der Waals surface area (Å²) in [5, 5.41) is 15.2. The highest BCUT2D eigenvalue weighted by Gasteiger charge is 2.11. The van der Waals surface area contributed by atoms with E-state index in [0.29, 0.717) is 0 Å². The van der Waals surface area contributed by atoms with Crippen LogP contribution >= 0.6 is 0 Å². The number of hydrogen-bond donors (Lipinski definition) is 2. The highest BCUT2D eigenvalue weighted by Crippen LogP contribution is 2.18. The summed E-state index contributed by atoms with van der Waals surface area (Å²) in [5.41, 5.74) is 2.10. The summed E-state index contributed by atoms with van der Waals surface area (Å²) in [4.78, 5) is 13.1. The van der Waals surface area contributed by atoms with E-state index in [1.165, 1.54) is 5.39 Å². The summed E-state index contributed by atoms with van der Waals surface area (Å²) in [5.74, 6) is 0.809. The number of anilines is 1. The maximum atomic E-state index is 9.50. The molecule has 0 bridgehead atoms. The minimum absolute atomic E-state index is 0.0254. The maximum absolute atomic E-state index is 9.50. The molecule has 0 saturated carbocycles. The van der Waals surface area contributed by atoms with Crippen LogP contribution < -0.4 is 5.32 Å². The van der Waals surface area contributed by atoms with Crippen molar-refractivity contribution < 1.29 is 5.11 Å². The molecule has 130 valence electrons. The van der Waals surface area contributed by atoms with Gasteiger partial charge in [0.05, 0.1) is 12.6 Å². The predicted molar refractivity (Wildman–Crippen MR) is 101 cm³/mol. The summed E-state index contributed by atoms with van der Waals surface area (Å²) in [7, 11) is 0. The third-order valence-corrected chi connectivity index (χ3v) is 4.32. The molecular formula is C20H24N4O. The van der Waals surface area contributed by atoms with Gasteiger partial charge in [0.15, 0.2) is 0 Å². The van der Waals surface area contributed by atoms with Crippen molar-refractivity contribution >= 4 is 16.6 Å². The lowest BCUT2D eigenvalue weighted by atomic mass is 10.1. The van der Waals surface area contributed by atoms with Crippen LogP contribution in [0.5, 0.6) is 0 Å². The monoisotopic (exact) mass is 336 g/mol. The molecule has 25 heavy (non-hydrogen) atoms. The number of aryl methyl sites for hydroxylation is 2. The lowest BCUT2D eigenvalue weighted by molar-refractivity contribution is 0.268. The third kappa shape index (κ3) is 4.51. The van der Waals surface area contributed by atoms with Crippen LogP contribution in [0.25, 0.3) is 10.8 Å². The summed E-state index contributed by atoms with van der Waals surface area (Å²) < 4.78 is 0. The van der Waals surface area contributed by atoms with Crippen LogP contribution in [0, 0.1) is 0 Å². The molecule has 5 heteroatoms. The van der Waals surface area contributed by atoms with E-state index in [1.54, 1.807) is 6.33 Å². The number of pyridine rings is 1. The van der Waals surface area contributed by atoms with Crippen molar-refractivity contribution in [1.29, 1.82) is 0 Å². The minimum atomic E-state index is 0.0254. The summed E-state index contributed by atoms with van der Waals surface area (Å²) in [6, 6.07) is 10.4. The predicted octanol–water partition coefficient (Wildman–Crippen LogP) is 3.38. The Balaban J connectivity index is 1.71. The molecule has 1 aromatic carbocycles. The Morgan fingerprint density at radius 3 is 2.72 bits per heavy atom. The first-order valence-electron chi connectivity index (χ1n) is 8.80. The van der Waals surface area contributed by atoms with Gasteiger partial charge in [0.1, 0.15) is 12.1 Å². The molecule has 3 aromatic rings. The quantitative estimate of drug-likeness (QED) is 0.660. The number of nitrogens with zero attached hydrogens (tertiary/aromatic N) is 3. The van der Waals surface area contributed by atoms with Gasteiger partial charge in [-0.1, -0.05) is 37.6 Å². The van der Waals surface area contributed by atoms with E-state index < -0.39 is 0 Å². The number of hydrogen-bond acceptors (Lipinski definition) is 5. The van der Waals surface area contributed by atoms with E-state index in [2.05, 4.69) is 45.4 Å². The van der Waals surface area contributed by atoms with Crippen molar-refractivity contribution in [2.45, 2.75) is 38.6 Å². The fourth-order valence-electron chi connectivity index (χ4n) is 2.95. The van der Waals surface area contributed by atoms with Gasteiger partial charge in [0, 0.05) is 29.0 Å². The van der Waals surface area contributed by atoms with Gasteiger partial charge in [-0.25, -0.2) is 9.97 Å². The molecular weight excluding hydrogens is 312 g/mol. The smallest absolute Gasteiger partial charge is 0.132 e. The van der Waals surface area contributed by atoms with Gasteiger partial charge in [0.2, 0.25) is 0 Å². The third-order valence-electron chi connectivity index (χ3n) is 4.32. The summed E-state index contributed by atoms with van der Waals surface area (Å²) in [6.45, 7) is 2.21. The van der Waals surface area contributed by atoms with Crippen LogP contribution in [-0.2, 0) is 12.8 Å². The number of aromatic nitrogens is 3. The van der Waals surface area contributed by atoms with E-state index in [0.717, 1.165) is 48.1 Å². The van der Waals surface area contributed by atoms with Gasteiger partial charge in [-0.05, 0) is 30.7 Å². The van der Waals surface area contributed by atoms with Crippen molar-refractivity contribution in [2.24, 2.45) is 0 Å². The van der Waals surface area contributed by atoms with Crippen LogP contribution in [0.4, 0.5) is 5.82 Å². The Kier molecular flexibility index (Phi) is 5.90. The molecule has 2 N–H and O–H groups in total. The first-order valence-corrected chi connectivity index (χ1v) is 8.80. The van der Waals surface area contributed by atoms with Crippen LogP contribution in [0.1, 0.15) is 31.0 Å². The summed E-state index contributed by atoms with van der Waals surface area (Å²) >= 11 is 0. The Bertz CT molecular complexity index is 821. The van der Waals surface area contributed by atoms with Gasteiger partial charge in [-0.3, -0.25) is 4.98 Å². The Morgan fingerprint density at radius 2 is 1.92 bits per heavy atom. The lowest BCUT2D eigenvalue weighted by Gasteiger charge is -2.18. The average molecular weight is 336 g/mol. The molecule has 3 rings (SSSR count).